The van der Waals surface area contributed by atoms with E-state index in [0.717, 1.165) is 6.42 Å². The van der Waals surface area contributed by atoms with Crippen LogP contribution in [0.5, 0.6) is 0 Å². The molecule has 0 radical (unpaired) electrons. The van der Waals surface area contributed by atoms with Crippen LogP contribution < -0.4 is 0 Å². The molecule has 1 rings (SSSR count). The number of rotatable bonds is 6. The summed E-state index contributed by atoms with van der Waals surface area (Å²) < 4.78 is 0. The van der Waals surface area contributed by atoms with Crippen molar-refractivity contribution < 1.29 is 4.79 Å². The Morgan fingerprint density at radius 3 is 1.83 bits per heavy atom. The first-order chi connectivity index (χ1) is 10.9. The molecule has 0 aliphatic heterocycles. The third-order valence-electron chi connectivity index (χ3n) is 5.82. The zero-order valence-corrected chi connectivity index (χ0v) is 17.8. The minimum Gasteiger partial charge on any atom is -0.300 e. The van der Waals surface area contributed by atoms with Crippen LogP contribution in [0.2, 0.25) is 0 Å². The van der Waals surface area contributed by atoms with E-state index in [1.54, 1.807) is 6.92 Å². The minimum absolute atomic E-state index is 0.264. The molecule has 0 aliphatic carbocycles. The first-order valence-corrected chi connectivity index (χ1v) is 9.54. The fourth-order valence-corrected chi connectivity index (χ4v) is 2.45. The molecule has 1 aromatic rings. The second-order valence-electron chi connectivity index (χ2n) is 8.42. The van der Waals surface area contributed by atoms with Gasteiger partial charge in [-0.25, -0.2) is 0 Å². The molecular formula is C23H40O. The largest absolute Gasteiger partial charge is 0.300 e. The van der Waals surface area contributed by atoms with Gasteiger partial charge in [-0.1, -0.05) is 73.6 Å². The standard InChI is InChI=1S/C17H28.C6H12O/c1-8-16(4,5)14-11-10-13(3)15(12-14)17(6,7)9-2;1-4-5(2)6(3)7/h10-12H,8-9H2,1-7H3;5H,4H2,1-3H3. The third-order valence-corrected chi connectivity index (χ3v) is 5.82. The summed E-state index contributed by atoms with van der Waals surface area (Å²) in [5.74, 6) is 0.558. The lowest BCUT2D eigenvalue weighted by molar-refractivity contribution is -0.120. The first kappa shape index (κ1) is 22.9. The number of aryl methyl sites for hydroxylation is 1. The Bertz CT molecular complexity index is 523. The highest BCUT2D eigenvalue weighted by atomic mass is 16.1. The fourth-order valence-electron chi connectivity index (χ4n) is 2.45. The van der Waals surface area contributed by atoms with Crippen LogP contribution in [0.1, 0.15) is 98.3 Å². The molecule has 0 N–H and O–H groups in total. The van der Waals surface area contributed by atoms with Crippen molar-refractivity contribution in [1.29, 1.82) is 0 Å². The molecule has 1 atom stereocenters. The molecule has 138 valence electrons. The van der Waals surface area contributed by atoms with E-state index in [-0.39, 0.29) is 16.7 Å². The lowest BCUT2D eigenvalue weighted by Gasteiger charge is -2.30. The number of hydrogen-bond donors (Lipinski definition) is 0. The van der Waals surface area contributed by atoms with Crippen molar-refractivity contribution in [1.82, 2.24) is 0 Å². The molecule has 24 heavy (non-hydrogen) atoms. The SMILES string of the molecule is CCC(C)(C)c1ccc(C)c(C(C)(C)CC)c1.CCC(C)C(C)=O. The summed E-state index contributed by atoms with van der Waals surface area (Å²) in [6.45, 7) is 21.7. The van der Waals surface area contributed by atoms with E-state index in [9.17, 15) is 4.79 Å². The van der Waals surface area contributed by atoms with E-state index in [1.165, 1.54) is 29.5 Å². The van der Waals surface area contributed by atoms with Gasteiger partial charge >= 0.3 is 0 Å². The molecule has 0 saturated heterocycles. The summed E-state index contributed by atoms with van der Waals surface area (Å²) in [5, 5.41) is 0. The van der Waals surface area contributed by atoms with Gasteiger partial charge in [0.1, 0.15) is 5.78 Å². The predicted molar refractivity (Wildman–Crippen MR) is 108 cm³/mol. The highest BCUT2D eigenvalue weighted by Crippen LogP contribution is 2.34. The van der Waals surface area contributed by atoms with E-state index in [4.69, 9.17) is 0 Å². The molecule has 1 aromatic carbocycles. The molecule has 0 aromatic heterocycles. The molecule has 0 bridgehead atoms. The van der Waals surface area contributed by atoms with Crippen molar-refractivity contribution >= 4 is 5.78 Å². The summed E-state index contributed by atoms with van der Waals surface area (Å²) in [6.07, 6.45) is 3.33. The van der Waals surface area contributed by atoms with Crippen molar-refractivity contribution in [2.45, 2.75) is 99.3 Å². The maximum Gasteiger partial charge on any atom is 0.132 e. The van der Waals surface area contributed by atoms with Gasteiger partial charge in [0, 0.05) is 5.92 Å². The van der Waals surface area contributed by atoms with Crippen molar-refractivity contribution in [3.8, 4) is 0 Å². The molecule has 1 heteroatoms. The number of carbonyl (C=O) groups is 1. The van der Waals surface area contributed by atoms with Gasteiger partial charge in [-0.3, -0.25) is 4.79 Å². The molecule has 1 unspecified atom stereocenters. The first-order valence-electron chi connectivity index (χ1n) is 9.54. The topological polar surface area (TPSA) is 17.1 Å². The van der Waals surface area contributed by atoms with E-state index >= 15 is 0 Å². The molecule has 0 spiro atoms. The Balaban J connectivity index is 0.000000640. The molecular weight excluding hydrogens is 292 g/mol. The van der Waals surface area contributed by atoms with Crippen molar-refractivity contribution in [2.75, 3.05) is 0 Å². The maximum absolute atomic E-state index is 10.4. The highest BCUT2D eigenvalue weighted by Gasteiger charge is 2.24. The Morgan fingerprint density at radius 1 is 1.00 bits per heavy atom. The Kier molecular flexibility index (Phi) is 8.96. The Morgan fingerprint density at radius 2 is 1.50 bits per heavy atom. The molecule has 0 amide bonds. The lowest BCUT2D eigenvalue weighted by atomic mass is 9.75. The Labute approximate surface area is 151 Å². The summed E-state index contributed by atoms with van der Waals surface area (Å²) >= 11 is 0. The van der Waals surface area contributed by atoms with Crippen LogP contribution in [0, 0.1) is 12.8 Å². The fraction of sp³-hybridized carbons (Fsp3) is 0.696. The number of Topliss-reactive ketones (excluding diaryl/α,β-unsaturated/α-hetero) is 1. The smallest absolute Gasteiger partial charge is 0.132 e. The van der Waals surface area contributed by atoms with Crippen LogP contribution in [-0.2, 0) is 15.6 Å². The summed E-state index contributed by atoms with van der Waals surface area (Å²) in [5.41, 5.74) is 4.98. The summed E-state index contributed by atoms with van der Waals surface area (Å²) in [7, 11) is 0. The molecule has 0 fully saturated rings. The van der Waals surface area contributed by atoms with Crippen molar-refractivity contribution in [3.05, 3.63) is 34.9 Å². The zero-order valence-electron chi connectivity index (χ0n) is 17.8. The summed E-state index contributed by atoms with van der Waals surface area (Å²) in [6, 6.07) is 7.02. The van der Waals surface area contributed by atoms with Crippen LogP contribution in [0.15, 0.2) is 18.2 Å². The van der Waals surface area contributed by atoms with Gasteiger partial charge < -0.3 is 0 Å². The van der Waals surface area contributed by atoms with Crippen molar-refractivity contribution in [3.63, 3.8) is 0 Å². The average molecular weight is 333 g/mol. The summed E-state index contributed by atoms with van der Waals surface area (Å²) in [4.78, 5) is 10.4. The van der Waals surface area contributed by atoms with E-state index in [1.807, 2.05) is 13.8 Å². The van der Waals surface area contributed by atoms with Gasteiger partial charge in [0.2, 0.25) is 0 Å². The van der Waals surface area contributed by atoms with E-state index < -0.39 is 0 Å². The third kappa shape index (κ3) is 6.42. The van der Waals surface area contributed by atoms with Crippen LogP contribution in [-0.4, -0.2) is 5.78 Å². The number of carbonyl (C=O) groups excluding carboxylic acids is 1. The normalized spacial score (nSPS) is 13.1. The average Bonchev–Trinajstić information content (AvgIpc) is 2.54. The highest BCUT2D eigenvalue weighted by molar-refractivity contribution is 5.77. The second-order valence-corrected chi connectivity index (χ2v) is 8.42. The van der Waals surface area contributed by atoms with Crippen LogP contribution >= 0.6 is 0 Å². The second kappa shape index (κ2) is 9.39. The van der Waals surface area contributed by atoms with Crippen LogP contribution in [0.3, 0.4) is 0 Å². The quantitative estimate of drug-likeness (QED) is 0.548. The number of ketones is 1. The van der Waals surface area contributed by atoms with Gasteiger partial charge in [0.15, 0.2) is 0 Å². The molecule has 1 nitrogen and oxygen atoms in total. The van der Waals surface area contributed by atoms with Gasteiger partial charge in [-0.15, -0.1) is 0 Å². The van der Waals surface area contributed by atoms with E-state index in [2.05, 4.69) is 66.7 Å². The predicted octanol–water partition coefficient (Wildman–Crippen LogP) is 6.99. The molecule has 0 saturated carbocycles. The molecule has 0 heterocycles. The van der Waals surface area contributed by atoms with Crippen molar-refractivity contribution in [2.24, 2.45) is 5.92 Å². The van der Waals surface area contributed by atoms with E-state index in [0.29, 0.717) is 5.78 Å². The van der Waals surface area contributed by atoms with Crippen LogP contribution in [0.25, 0.3) is 0 Å². The lowest BCUT2D eigenvalue weighted by Crippen LogP contribution is -2.21. The van der Waals surface area contributed by atoms with Gasteiger partial charge in [-0.05, 0) is 60.6 Å². The van der Waals surface area contributed by atoms with Crippen LogP contribution in [0.4, 0.5) is 0 Å². The number of hydrogen-bond acceptors (Lipinski definition) is 1. The van der Waals surface area contributed by atoms with Gasteiger partial charge in [0.25, 0.3) is 0 Å². The van der Waals surface area contributed by atoms with Gasteiger partial charge in [-0.2, -0.15) is 0 Å². The van der Waals surface area contributed by atoms with Gasteiger partial charge in [0.05, 0.1) is 0 Å². The molecule has 0 aliphatic rings. The Hall–Kier alpha value is -1.11. The zero-order chi connectivity index (χ0) is 19.1. The maximum atomic E-state index is 10.4. The number of benzene rings is 1. The monoisotopic (exact) mass is 332 g/mol. The minimum atomic E-state index is 0.264.